The van der Waals surface area contributed by atoms with Gasteiger partial charge in [0.1, 0.15) is 11.3 Å². The second-order valence-corrected chi connectivity index (χ2v) is 6.14. The van der Waals surface area contributed by atoms with Crippen molar-refractivity contribution in [3.63, 3.8) is 0 Å². The van der Waals surface area contributed by atoms with Gasteiger partial charge in [-0.05, 0) is 49.3 Å². The highest BCUT2D eigenvalue weighted by Gasteiger charge is 2.22. The molecule has 0 radical (unpaired) electrons. The van der Waals surface area contributed by atoms with Crippen molar-refractivity contribution in [2.24, 2.45) is 0 Å². The molecule has 3 rings (SSSR count). The zero-order valence-electron chi connectivity index (χ0n) is 12.3. The van der Waals surface area contributed by atoms with Crippen LogP contribution in [0.1, 0.15) is 55.1 Å². The van der Waals surface area contributed by atoms with Crippen LogP contribution in [0.4, 0.5) is 0 Å². The van der Waals surface area contributed by atoms with Gasteiger partial charge in [-0.3, -0.25) is 0 Å². The van der Waals surface area contributed by atoms with Gasteiger partial charge < -0.3 is 9.73 Å². The number of aryl methyl sites for hydroxylation is 2. The molecule has 0 atom stereocenters. The Bertz CT molecular complexity index is 605. The van der Waals surface area contributed by atoms with Gasteiger partial charge in [-0.25, -0.2) is 0 Å². The first kappa shape index (κ1) is 12.7. The summed E-state index contributed by atoms with van der Waals surface area (Å²) in [4.78, 5) is 0. The molecule has 0 spiro atoms. The molecular formula is C17H23NO. The average Bonchev–Trinajstić information content (AvgIpc) is 3.12. The molecule has 1 aliphatic rings. The lowest BCUT2D eigenvalue weighted by atomic mass is 9.97. The van der Waals surface area contributed by atoms with E-state index in [2.05, 4.69) is 45.1 Å². The maximum atomic E-state index is 6.19. The quantitative estimate of drug-likeness (QED) is 0.876. The third-order valence-corrected chi connectivity index (χ3v) is 4.17. The molecule has 1 fully saturated rings. The van der Waals surface area contributed by atoms with Crippen LogP contribution in [0, 0.1) is 13.8 Å². The maximum absolute atomic E-state index is 6.19. The Kier molecular flexibility index (Phi) is 3.14. The average molecular weight is 257 g/mol. The largest absolute Gasteiger partial charge is 0.459 e. The van der Waals surface area contributed by atoms with Gasteiger partial charge in [0.2, 0.25) is 0 Å². The van der Waals surface area contributed by atoms with E-state index in [0.29, 0.717) is 5.92 Å². The minimum absolute atomic E-state index is 0.498. The summed E-state index contributed by atoms with van der Waals surface area (Å²) in [6.45, 7) is 9.68. The molecule has 0 amide bonds. The van der Waals surface area contributed by atoms with E-state index in [9.17, 15) is 0 Å². The molecule has 0 saturated heterocycles. The number of nitrogens with one attached hydrogen (secondary N) is 1. The fourth-order valence-electron chi connectivity index (χ4n) is 2.76. The highest BCUT2D eigenvalue weighted by atomic mass is 16.3. The van der Waals surface area contributed by atoms with Gasteiger partial charge in [-0.1, -0.05) is 26.0 Å². The third-order valence-electron chi connectivity index (χ3n) is 4.17. The van der Waals surface area contributed by atoms with Crippen LogP contribution in [0.2, 0.25) is 0 Å². The molecule has 2 aromatic rings. The summed E-state index contributed by atoms with van der Waals surface area (Å²) in [5.74, 6) is 1.61. The maximum Gasteiger partial charge on any atom is 0.138 e. The van der Waals surface area contributed by atoms with E-state index in [0.717, 1.165) is 23.9 Å². The van der Waals surface area contributed by atoms with Crippen molar-refractivity contribution in [1.29, 1.82) is 0 Å². The number of benzene rings is 1. The molecular weight excluding hydrogens is 234 g/mol. The second-order valence-electron chi connectivity index (χ2n) is 6.14. The summed E-state index contributed by atoms with van der Waals surface area (Å²) in [5.41, 5.74) is 5.04. The lowest BCUT2D eigenvalue weighted by Gasteiger charge is -2.07. The van der Waals surface area contributed by atoms with Crippen molar-refractivity contribution in [1.82, 2.24) is 5.32 Å². The summed E-state index contributed by atoms with van der Waals surface area (Å²) < 4.78 is 6.19. The van der Waals surface area contributed by atoms with Gasteiger partial charge in [0.05, 0.1) is 6.54 Å². The van der Waals surface area contributed by atoms with Gasteiger partial charge in [0.25, 0.3) is 0 Å². The molecule has 0 bridgehead atoms. The first-order valence-electron chi connectivity index (χ1n) is 7.32. The number of hydrogen-bond donors (Lipinski definition) is 1. The second kappa shape index (κ2) is 4.68. The molecule has 1 aromatic carbocycles. The van der Waals surface area contributed by atoms with E-state index < -0.39 is 0 Å². The number of hydrogen-bond acceptors (Lipinski definition) is 2. The lowest BCUT2D eigenvalue weighted by molar-refractivity contribution is 0.505. The van der Waals surface area contributed by atoms with E-state index in [1.54, 1.807) is 0 Å². The minimum Gasteiger partial charge on any atom is -0.459 e. The van der Waals surface area contributed by atoms with Crippen molar-refractivity contribution >= 4 is 11.0 Å². The van der Waals surface area contributed by atoms with Crippen LogP contribution in [0.5, 0.6) is 0 Å². The molecule has 19 heavy (non-hydrogen) atoms. The van der Waals surface area contributed by atoms with Gasteiger partial charge in [0.15, 0.2) is 0 Å². The molecule has 0 unspecified atom stereocenters. The van der Waals surface area contributed by atoms with Crippen LogP contribution in [-0.2, 0) is 6.54 Å². The van der Waals surface area contributed by atoms with E-state index in [4.69, 9.17) is 4.42 Å². The molecule has 1 saturated carbocycles. The number of rotatable bonds is 4. The molecule has 0 aliphatic heterocycles. The Labute approximate surface area is 115 Å². The first-order chi connectivity index (χ1) is 9.08. The Balaban J connectivity index is 2.06. The summed E-state index contributed by atoms with van der Waals surface area (Å²) in [6, 6.07) is 5.15. The molecule has 2 nitrogen and oxygen atoms in total. The van der Waals surface area contributed by atoms with Crippen molar-refractivity contribution < 1.29 is 4.42 Å². The van der Waals surface area contributed by atoms with Crippen LogP contribution in [0.25, 0.3) is 11.0 Å². The van der Waals surface area contributed by atoms with Crippen LogP contribution in [-0.4, -0.2) is 6.04 Å². The van der Waals surface area contributed by atoms with Gasteiger partial charge in [0, 0.05) is 11.4 Å². The van der Waals surface area contributed by atoms with E-state index in [1.165, 1.54) is 34.9 Å². The van der Waals surface area contributed by atoms with Crippen molar-refractivity contribution in [3.8, 4) is 0 Å². The molecule has 102 valence electrons. The zero-order valence-corrected chi connectivity index (χ0v) is 12.3. The Morgan fingerprint density at radius 3 is 2.63 bits per heavy atom. The topological polar surface area (TPSA) is 25.2 Å². The fourth-order valence-corrected chi connectivity index (χ4v) is 2.76. The summed E-state index contributed by atoms with van der Waals surface area (Å²) >= 11 is 0. The number of fused-ring (bicyclic) bond motifs is 1. The van der Waals surface area contributed by atoms with E-state index in [-0.39, 0.29) is 0 Å². The Morgan fingerprint density at radius 2 is 2.00 bits per heavy atom. The van der Waals surface area contributed by atoms with E-state index >= 15 is 0 Å². The molecule has 1 aliphatic carbocycles. The lowest BCUT2D eigenvalue weighted by Crippen LogP contribution is -2.15. The van der Waals surface area contributed by atoms with Gasteiger partial charge >= 0.3 is 0 Å². The highest BCUT2D eigenvalue weighted by Crippen LogP contribution is 2.34. The minimum atomic E-state index is 0.498. The predicted molar refractivity (Wildman–Crippen MR) is 79.6 cm³/mol. The Morgan fingerprint density at radius 1 is 1.26 bits per heavy atom. The number of furan rings is 1. The van der Waals surface area contributed by atoms with Crippen LogP contribution >= 0.6 is 0 Å². The van der Waals surface area contributed by atoms with Crippen LogP contribution < -0.4 is 5.32 Å². The highest BCUT2D eigenvalue weighted by molar-refractivity contribution is 5.88. The molecule has 1 heterocycles. The zero-order chi connectivity index (χ0) is 13.6. The SMILES string of the molecule is Cc1ccc(C(C)C)c2oc(CNC3CC3)c(C)c12. The van der Waals surface area contributed by atoms with Crippen molar-refractivity contribution in [2.75, 3.05) is 0 Å². The summed E-state index contributed by atoms with van der Waals surface area (Å²) in [6.07, 6.45) is 2.63. The normalized spacial score (nSPS) is 15.6. The fraction of sp³-hybridized carbons (Fsp3) is 0.529. The van der Waals surface area contributed by atoms with Crippen LogP contribution in [0.15, 0.2) is 16.5 Å². The van der Waals surface area contributed by atoms with E-state index in [1.807, 2.05) is 0 Å². The van der Waals surface area contributed by atoms with Crippen molar-refractivity contribution in [2.45, 2.75) is 59.0 Å². The first-order valence-corrected chi connectivity index (χ1v) is 7.32. The van der Waals surface area contributed by atoms with Crippen LogP contribution in [0.3, 0.4) is 0 Å². The monoisotopic (exact) mass is 257 g/mol. The third kappa shape index (κ3) is 2.30. The van der Waals surface area contributed by atoms with Gasteiger partial charge in [-0.15, -0.1) is 0 Å². The Hall–Kier alpha value is -1.28. The predicted octanol–water partition coefficient (Wildman–Crippen LogP) is 4.43. The standard InChI is InChI=1S/C17H23NO/c1-10(2)14-8-5-11(3)16-12(4)15(19-17(14)16)9-18-13-6-7-13/h5,8,10,13,18H,6-7,9H2,1-4H3. The van der Waals surface area contributed by atoms with Gasteiger partial charge in [-0.2, -0.15) is 0 Å². The molecule has 1 aromatic heterocycles. The molecule has 1 N–H and O–H groups in total. The van der Waals surface area contributed by atoms with Crippen molar-refractivity contribution in [3.05, 3.63) is 34.6 Å². The molecule has 2 heteroatoms. The smallest absolute Gasteiger partial charge is 0.138 e. The summed E-state index contributed by atoms with van der Waals surface area (Å²) in [5, 5.41) is 4.87. The summed E-state index contributed by atoms with van der Waals surface area (Å²) in [7, 11) is 0.